The van der Waals surface area contributed by atoms with Gasteiger partial charge in [-0.05, 0) is 6.42 Å². The van der Waals surface area contributed by atoms with Gasteiger partial charge in [-0.15, -0.1) is 0 Å². The summed E-state index contributed by atoms with van der Waals surface area (Å²) in [4.78, 5) is 0. The summed E-state index contributed by atoms with van der Waals surface area (Å²) in [6, 6.07) is 0. The maximum atomic E-state index is 2.12. The van der Waals surface area contributed by atoms with Crippen molar-refractivity contribution >= 4 is 0 Å². The maximum Gasteiger partial charge on any atom is -0.0163 e. The monoisotopic (exact) mass is 170 g/mol. The molecule has 0 heterocycles. The molecular formula is C13H14. The molecule has 0 spiro atoms. The zero-order valence-corrected chi connectivity index (χ0v) is 7.64. The molecule has 0 N–H and O–H groups in total. The summed E-state index contributed by atoms with van der Waals surface area (Å²) in [5, 5.41) is 0. The number of allylic oxidation sites excluding steroid dienone is 12. The van der Waals surface area contributed by atoms with Crippen LogP contribution in [0.15, 0.2) is 72.9 Å². The van der Waals surface area contributed by atoms with Gasteiger partial charge in [0.25, 0.3) is 0 Å². The summed E-state index contributed by atoms with van der Waals surface area (Å²) in [6.07, 6.45) is 25.5. The summed E-state index contributed by atoms with van der Waals surface area (Å²) in [7, 11) is 0. The molecule has 0 saturated carbocycles. The highest BCUT2D eigenvalue weighted by Crippen LogP contribution is 1.90. The first-order valence-electron chi connectivity index (χ1n) is 4.48. The minimum Gasteiger partial charge on any atom is -0.0807 e. The van der Waals surface area contributed by atoms with E-state index in [-0.39, 0.29) is 0 Å². The van der Waals surface area contributed by atoms with Gasteiger partial charge in [-0.2, -0.15) is 0 Å². The minimum absolute atomic E-state index is 0.988. The van der Waals surface area contributed by atoms with Crippen LogP contribution in [0.4, 0.5) is 0 Å². The van der Waals surface area contributed by atoms with Crippen LogP contribution < -0.4 is 0 Å². The molecule has 0 bridgehead atoms. The van der Waals surface area contributed by atoms with Gasteiger partial charge in [-0.25, -0.2) is 0 Å². The van der Waals surface area contributed by atoms with Crippen molar-refractivity contribution in [3.63, 3.8) is 0 Å². The molecule has 0 atom stereocenters. The predicted octanol–water partition coefficient (Wildman–Crippen LogP) is 3.73. The second-order valence-corrected chi connectivity index (χ2v) is 2.63. The van der Waals surface area contributed by atoms with Crippen molar-refractivity contribution < 1.29 is 0 Å². The van der Waals surface area contributed by atoms with E-state index in [0.29, 0.717) is 0 Å². The molecule has 0 amide bonds. The van der Waals surface area contributed by atoms with Gasteiger partial charge in [0.1, 0.15) is 0 Å². The van der Waals surface area contributed by atoms with Crippen LogP contribution in [0.5, 0.6) is 0 Å². The molecule has 1 rings (SSSR count). The smallest absolute Gasteiger partial charge is 0.0163 e. The van der Waals surface area contributed by atoms with Gasteiger partial charge in [0.15, 0.2) is 0 Å². The van der Waals surface area contributed by atoms with Crippen LogP contribution in [0.2, 0.25) is 0 Å². The van der Waals surface area contributed by atoms with Crippen LogP contribution in [0, 0.1) is 0 Å². The lowest BCUT2D eigenvalue weighted by molar-refractivity contribution is 1.39. The molecule has 0 heteroatoms. The van der Waals surface area contributed by atoms with Gasteiger partial charge in [0.2, 0.25) is 0 Å². The van der Waals surface area contributed by atoms with Crippen molar-refractivity contribution in [3.8, 4) is 0 Å². The average Bonchev–Trinajstić information content (AvgIpc) is 2.18. The summed E-state index contributed by atoms with van der Waals surface area (Å²) >= 11 is 0. The van der Waals surface area contributed by atoms with Crippen molar-refractivity contribution in [2.45, 2.75) is 6.42 Å². The molecule has 0 aromatic carbocycles. The Kier molecular flexibility index (Phi) is 5.21. The standard InChI is InChI=1S/C13H14/c1-2-4-6-8-10-12-13-11-9-7-5-3-1/h1-12H,13H2/b3-1-,4-2?,7-5-,8-6?,11-9+,12-10+. The van der Waals surface area contributed by atoms with E-state index in [1.807, 2.05) is 48.6 Å². The molecule has 0 nitrogen and oxygen atoms in total. The summed E-state index contributed by atoms with van der Waals surface area (Å²) in [5.41, 5.74) is 0. The van der Waals surface area contributed by atoms with Crippen LogP contribution in [-0.2, 0) is 0 Å². The Bertz CT molecular complexity index is 253. The Morgan fingerprint density at radius 2 is 0.692 bits per heavy atom. The van der Waals surface area contributed by atoms with Crippen molar-refractivity contribution in [3.05, 3.63) is 72.9 Å². The van der Waals surface area contributed by atoms with Crippen molar-refractivity contribution in [2.75, 3.05) is 0 Å². The lowest BCUT2D eigenvalue weighted by atomic mass is 10.3. The highest BCUT2D eigenvalue weighted by atomic mass is 13.8. The van der Waals surface area contributed by atoms with Gasteiger partial charge in [-0.3, -0.25) is 0 Å². The maximum absolute atomic E-state index is 2.12. The molecule has 0 fully saturated rings. The Morgan fingerprint density at radius 1 is 0.385 bits per heavy atom. The third-order valence-electron chi connectivity index (χ3n) is 1.54. The normalized spacial score (nSPS) is 26.5. The molecule has 0 unspecified atom stereocenters. The fourth-order valence-electron chi connectivity index (χ4n) is 0.906. The fourth-order valence-corrected chi connectivity index (χ4v) is 0.906. The van der Waals surface area contributed by atoms with Gasteiger partial charge in [0, 0.05) is 0 Å². The van der Waals surface area contributed by atoms with Crippen molar-refractivity contribution in [1.82, 2.24) is 0 Å². The van der Waals surface area contributed by atoms with Crippen LogP contribution in [-0.4, -0.2) is 0 Å². The molecule has 0 aromatic rings. The van der Waals surface area contributed by atoms with Gasteiger partial charge in [-0.1, -0.05) is 72.9 Å². The Balaban J connectivity index is 2.62. The lowest BCUT2D eigenvalue weighted by Gasteiger charge is -1.77. The molecule has 1 aliphatic rings. The highest BCUT2D eigenvalue weighted by Gasteiger charge is 1.69. The van der Waals surface area contributed by atoms with Crippen LogP contribution in [0.25, 0.3) is 0 Å². The molecule has 0 aromatic heterocycles. The second kappa shape index (κ2) is 7.11. The predicted molar refractivity (Wildman–Crippen MR) is 59.5 cm³/mol. The first kappa shape index (κ1) is 9.53. The summed E-state index contributed by atoms with van der Waals surface area (Å²) in [5.74, 6) is 0. The van der Waals surface area contributed by atoms with Gasteiger partial charge in [0.05, 0.1) is 0 Å². The molecule has 66 valence electrons. The van der Waals surface area contributed by atoms with Gasteiger partial charge < -0.3 is 0 Å². The highest BCUT2D eigenvalue weighted by molar-refractivity contribution is 5.20. The molecule has 0 saturated heterocycles. The van der Waals surface area contributed by atoms with E-state index in [9.17, 15) is 0 Å². The van der Waals surface area contributed by atoms with E-state index in [2.05, 4.69) is 24.3 Å². The van der Waals surface area contributed by atoms with Crippen LogP contribution in [0.1, 0.15) is 6.42 Å². The number of hydrogen-bond acceptors (Lipinski definition) is 0. The first-order valence-corrected chi connectivity index (χ1v) is 4.48. The zero-order valence-electron chi connectivity index (χ0n) is 7.64. The van der Waals surface area contributed by atoms with E-state index >= 15 is 0 Å². The average molecular weight is 170 g/mol. The summed E-state index contributed by atoms with van der Waals surface area (Å²) in [6.45, 7) is 0. The third-order valence-corrected chi connectivity index (χ3v) is 1.54. The largest absolute Gasteiger partial charge is 0.0807 e. The third kappa shape index (κ3) is 5.68. The van der Waals surface area contributed by atoms with Crippen molar-refractivity contribution in [2.24, 2.45) is 0 Å². The van der Waals surface area contributed by atoms with E-state index in [1.165, 1.54) is 0 Å². The Hall–Kier alpha value is -1.56. The van der Waals surface area contributed by atoms with Crippen molar-refractivity contribution in [1.29, 1.82) is 0 Å². The van der Waals surface area contributed by atoms with E-state index in [1.54, 1.807) is 0 Å². The Morgan fingerprint density at radius 3 is 1.08 bits per heavy atom. The molecule has 13 heavy (non-hydrogen) atoms. The van der Waals surface area contributed by atoms with Crippen LogP contribution >= 0.6 is 0 Å². The number of rotatable bonds is 0. The topological polar surface area (TPSA) is 0 Å². The molecular weight excluding hydrogens is 156 g/mol. The van der Waals surface area contributed by atoms with Gasteiger partial charge >= 0.3 is 0 Å². The number of hydrogen-bond donors (Lipinski definition) is 0. The second-order valence-electron chi connectivity index (χ2n) is 2.63. The molecule has 0 aliphatic heterocycles. The quantitative estimate of drug-likeness (QED) is 0.519. The summed E-state index contributed by atoms with van der Waals surface area (Å²) < 4.78 is 0. The SMILES string of the molecule is C1=C\C=C/C=C\C=C\C/C=C/C=C1. The van der Waals surface area contributed by atoms with Crippen LogP contribution in [0.3, 0.4) is 0 Å². The first-order chi connectivity index (χ1) is 6.50. The lowest BCUT2D eigenvalue weighted by Crippen LogP contribution is -1.56. The van der Waals surface area contributed by atoms with E-state index < -0.39 is 0 Å². The molecule has 0 radical (unpaired) electrons. The Labute approximate surface area is 80.0 Å². The minimum atomic E-state index is 0.988. The zero-order chi connectivity index (χ0) is 9.19. The van der Waals surface area contributed by atoms with E-state index in [0.717, 1.165) is 6.42 Å². The molecule has 1 aliphatic carbocycles. The fraction of sp³-hybridized carbons (Fsp3) is 0.0769. The van der Waals surface area contributed by atoms with E-state index in [4.69, 9.17) is 0 Å².